The number of carboxylic acid groups (broad SMARTS) is 1. The first-order valence-electron chi connectivity index (χ1n) is 9.30. The molecule has 0 aromatic rings. The van der Waals surface area contributed by atoms with Crippen LogP contribution in [0, 0.1) is 11.8 Å². The van der Waals surface area contributed by atoms with Gasteiger partial charge in [-0.2, -0.15) is 11.8 Å². The highest BCUT2D eigenvalue weighted by atomic mass is 32.2. The van der Waals surface area contributed by atoms with Gasteiger partial charge in [0, 0.05) is 17.4 Å². The Kier molecular flexibility index (Phi) is 11.8. The molecule has 0 aromatic heterocycles. The summed E-state index contributed by atoms with van der Waals surface area (Å²) < 4.78 is 10.2. The number of ether oxygens (including phenoxy) is 2. The van der Waals surface area contributed by atoms with Gasteiger partial charge in [0.2, 0.25) is 5.91 Å². The maximum Gasteiger partial charge on any atom is 0.326 e. The lowest BCUT2D eigenvalue weighted by Gasteiger charge is -2.22. The van der Waals surface area contributed by atoms with E-state index in [1.807, 2.05) is 13.8 Å². The number of carboxylic acids is 1. The quantitative estimate of drug-likeness (QED) is 0.365. The molecular weight excluding hydrogens is 386 g/mol. The van der Waals surface area contributed by atoms with Gasteiger partial charge in [0.1, 0.15) is 11.6 Å². The van der Waals surface area contributed by atoms with Crippen LogP contribution >= 0.6 is 11.8 Å². The number of thioether (sulfide) groups is 1. The summed E-state index contributed by atoms with van der Waals surface area (Å²) in [4.78, 5) is 46.9. The molecule has 0 saturated carbocycles. The van der Waals surface area contributed by atoms with Crippen molar-refractivity contribution < 1.29 is 33.8 Å². The second kappa shape index (κ2) is 12.6. The van der Waals surface area contributed by atoms with Crippen molar-refractivity contribution >= 4 is 35.6 Å². The van der Waals surface area contributed by atoms with Gasteiger partial charge in [-0.1, -0.05) is 20.8 Å². The van der Waals surface area contributed by atoms with Crippen molar-refractivity contribution in [3.8, 4) is 0 Å². The van der Waals surface area contributed by atoms with Gasteiger partial charge >= 0.3 is 17.9 Å². The van der Waals surface area contributed by atoms with E-state index in [0.29, 0.717) is 18.1 Å². The number of hydrogen-bond donors (Lipinski definition) is 2. The molecule has 0 radical (unpaired) electrons. The summed E-state index contributed by atoms with van der Waals surface area (Å²) in [5.41, 5.74) is -0.732. The predicted molar refractivity (Wildman–Crippen MR) is 107 cm³/mol. The first-order valence-corrected chi connectivity index (χ1v) is 10.5. The van der Waals surface area contributed by atoms with Crippen molar-refractivity contribution in [3.63, 3.8) is 0 Å². The van der Waals surface area contributed by atoms with E-state index in [0.717, 1.165) is 0 Å². The molecule has 9 heteroatoms. The van der Waals surface area contributed by atoms with Crippen molar-refractivity contribution in [1.82, 2.24) is 5.32 Å². The highest BCUT2D eigenvalue weighted by Crippen LogP contribution is 2.13. The van der Waals surface area contributed by atoms with Crippen LogP contribution in [-0.4, -0.2) is 58.7 Å². The predicted octanol–water partition coefficient (Wildman–Crippen LogP) is 2.25. The molecule has 0 fully saturated rings. The normalized spacial score (nSPS) is 13.5. The lowest BCUT2D eigenvalue weighted by molar-refractivity contribution is -0.158. The molecule has 0 spiro atoms. The zero-order valence-corrected chi connectivity index (χ0v) is 18.4. The van der Waals surface area contributed by atoms with Gasteiger partial charge < -0.3 is 19.9 Å². The fraction of sp³-hybridized carbons (Fsp3) is 0.789. The number of carbonyl (C=O) groups is 4. The summed E-state index contributed by atoms with van der Waals surface area (Å²) in [5, 5.41) is 11.6. The summed E-state index contributed by atoms with van der Waals surface area (Å²) in [6.45, 7) is 11.0. The standard InChI is InChI=1S/C19H33NO7S/c1-12(2)10-26-15(21)7-8-28-11-13(3)17(23)20-14(18(24)25)9-16(22)27-19(4,5)6/h12-14H,7-11H2,1-6H3,(H,20,23)(H,24,25)/t13?,14-/m0/s1. The smallest absolute Gasteiger partial charge is 0.326 e. The Hall–Kier alpha value is -1.77. The minimum absolute atomic E-state index is 0.252. The first-order chi connectivity index (χ1) is 12.8. The Labute approximate surface area is 171 Å². The molecule has 0 heterocycles. The van der Waals surface area contributed by atoms with Crippen molar-refractivity contribution in [2.24, 2.45) is 11.8 Å². The summed E-state index contributed by atoms with van der Waals surface area (Å²) in [5.74, 6) is -2.00. The Morgan fingerprint density at radius 1 is 1.07 bits per heavy atom. The maximum absolute atomic E-state index is 12.2. The first kappa shape index (κ1) is 26.2. The van der Waals surface area contributed by atoms with Gasteiger partial charge in [-0.25, -0.2) is 4.79 Å². The van der Waals surface area contributed by atoms with Gasteiger partial charge in [0.05, 0.1) is 19.4 Å². The average Bonchev–Trinajstić information content (AvgIpc) is 2.53. The van der Waals surface area contributed by atoms with Gasteiger partial charge in [0.15, 0.2) is 0 Å². The summed E-state index contributed by atoms with van der Waals surface area (Å²) in [6.07, 6.45) is -0.192. The Morgan fingerprint density at radius 3 is 2.18 bits per heavy atom. The third-order valence-corrected chi connectivity index (χ3v) is 4.48. The second-order valence-electron chi connectivity index (χ2n) is 7.99. The molecule has 0 bridgehead atoms. The molecule has 28 heavy (non-hydrogen) atoms. The fourth-order valence-electron chi connectivity index (χ4n) is 1.89. The van der Waals surface area contributed by atoms with E-state index < -0.39 is 41.8 Å². The molecule has 0 rings (SSSR count). The van der Waals surface area contributed by atoms with Crippen LogP contribution in [0.25, 0.3) is 0 Å². The Bertz CT molecular complexity index is 543. The van der Waals surface area contributed by atoms with E-state index in [1.54, 1.807) is 27.7 Å². The zero-order valence-electron chi connectivity index (χ0n) is 17.6. The number of carbonyl (C=O) groups excluding carboxylic acids is 3. The molecule has 8 nitrogen and oxygen atoms in total. The minimum Gasteiger partial charge on any atom is -0.480 e. The van der Waals surface area contributed by atoms with E-state index in [2.05, 4.69) is 5.32 Å². The molecule has 0 aliphatic carbocycles. The summed E-state index contributed by atoms with van der Waals surface area (Å²) in [6, 6.07) is -1.35. The van der Waals surface area contributed by atoms with E-state index in [4.69, 9.17) is 9.47 Å². The highest BCUT2D eigenvalue weighted by Gasteiger charge is 2.28. The SMILES string of the molecule is CC(C)COC(=O)CCSCC(C)C(=O)N[C@@H](CC(=O)OC(C)(C)C)C(=O)O. The van der Waals surface area contributed by atoms with Crippen LogP contribution in [0.5, 0.6) is 0 Å². The van der Waals surface area contributed by atoms with Gasteiger partial charge in [-0.3, -0.25) is 14.4 Å². The number of nitrogens with one attached hydrogen (secondary N) is 1. The van der Waals surface area contributed by atoms with Crippen LogP contribution in [0.15, 0.2) is 0 Å². The van der Waals surface area contributed by atoms with Crippen molar-refractivity contribution in [2.75, 3.05) is 18.1 Å². The lowest BCUT2D eigenvalue weighted by Crippen LogP contribution is -2.45. The van der Waals surface area contributed by atoms with Crippen LogP contribution in [0.1, 0.15) is 54.4 Å². The molecule has 2 atom stereocenters. The molecule has 2 N–H and O–H groups in total. The molecule has 0 aliphatic heterocycles. The minimum atomic E-state index is -1.35. The Balaban J connectivity index is 4.32. The molecule has 1 unspecified atom stereocenters. The second-order valence-corrected chi connectivity index (χ2v) is 9.14. The lowest BCUT2D eigenvalue weighted by atomic mass is 10.1. The molecule has 1 amide bonds. The number of aliphatic carboxylic acids is 1. The average molecular weight is 420 g/mol. The van der Waals surface area contributed by atoms with Crippen molar-refractivity contribution in [2.45, 2.75) is 66.0 Å². The van der Waals surface area contributed by atoms with E-state index in [9.17, 15) is 24.3 Å². The van der Waals surface area contributed by atoms with Crippen LogP contribution in [0.4, 0.5) is 0 Å². The van der Waals surface area contributed by atoms with Gasteiger partial charge in [-0.15, -0.1) is 0 Å². The fourth-order valence-corrected chi connectivity index (χ4v) is 2.87. The monoisotopic (exact) mass is 419 g/mol. The molecular formula is C19H33NO7S. The van der Waals surface area contributed by atoms with Crippen LogP contribution in [0.3, 0.4) is 0 Å². The van der Waals surface area contributed by atoms with Crippen LogP contribution < -0.4 is 5.32 Å². The van der Waals surface area contributed by atoms with Gasteiger partial charge in [0.25, 0.3) is 0 Å². The van der Waals surface area contributed by atoms with Crippen molar-refractivity contribution in [3.05, 3.63) is 0 Å². The number of esters is 2. The van der Waals surface area contributed by atoms with E-state index in [-0.39, 0.29) is 18.3 Å². The summed E-state index contributed by atoms with van der Waals surface area (Å²) in [7, 11) is 0. The van der Waals surface area contributed by atoms with Crippen LogP contribution in [-0.2, 0) is 28.7 Å². The Morgan fingerprint density at radius 2 is 1.68 bits per heavy atom. The van der Waals surface area contributed by atoms with E-state index >= 15 is 0 Å². The van der Waals surface area contributed by atoms with Gasteiger partial charge in [-0.05, 0) is 26.7 Å². The van der Waals surface area contributed by atoms with Crippen LogP contribution in [0.2, 0.25) is 0 Å². The molecule has 0 saturated heterocycles. The zero-order chi connectivity index (χ0) is 21.9. The molecule has 0 aromatic carbocycles. The van der Waals surface area contributed by atoms with Crippen molar-refractivity contribution in [1.29, 1.82) is 0 Å². The number of rotatable bonds is 12. The number of hydrogen-bond acceptors (Lipinski definition) is 7. The third kappa shape index (κ3) is 13.4. The maximum atomic E-state index is 12.2. The number of amides is 1. The summed E-state index contributed by atoms with van der Waals surface area (Å²) >= 11 is 1.41. The van der Waals surface area contributed by atoms with E-state index in [1.165, 1.54) is 11.8 Å². The topological polar surface area (TPSA) is 119 Å². The highest BCUT2D eigenvalue weighted by molar-refractivity contribution is 7.99. The third-order valence-electron chi connectivity index (χ3n) is 3.25. The molecule has 162 valence electrons. The largest absolute Gasteiger partial charge is 0.480 e. The molecule has 0 aliphatic rings.